The van der Waals surface area contributed by atoms with Crippen molar-refractivity contribution in [2.75, 3.05) is 11.9 Å². The molecule has 2 N–H and O–H groups in total. The van der Waals surface area contributed by atoms with Crippen LogP contribution in [0.15, 0.2) is 42.5 Å². The maximum absolute atomic E-state index is 12.7. The average molecular weight is 411 g/mol. The van der Waals surface area contributed by atoms with E-state index >= 15 is 0 Å². The van der Waals surface area contributed by atoms with Gasteiger partial charge < -0.3 is 15.4 Å². The highest BCUT2D eigenvalue weighted by Gasteiger charge is 2.27. The van der Waals surface area contributed by atoms with E-state index in [0.717, 1.165) is 17.7 Å². The molecule has 0 aliphatic heterocycles. The zero-order chi connectivity index (χ0) is 22.3. The van der Waals surface area contributed by atoms with Gasteiger partial charge in [-0.25, -0.2) is 0 Å². The predicted molar refractivity (Wildman–Crippen MR) is 122 cm³/mol. The van der Waals surface area contributed by atoms with Crippen LogP contribution in [0.5, 0.6) is 5.75 Å². The summed E-state index contributed by atoms with van der Waals surface area (Å²) in [4.78, 5) is 24.8. The van der Waals surface area contributed by atoms with Gasteiger partial charge in [-0.15, -0.1) is 0 Å². The minimum Gasteiger partial charge on any atom is -0.493 e. The molecule has 0 heterocycles. The standard InChI is InChI=1S/C25H34N2O3/c1-17(2)26-23(28)20-10-12-21(13-11-20)27-24(29)25(5,6)14-7-15-30-22-16-18(3)8-9-19(22)4/h8-13,16-17H,7,14-15H2,1-6H3,(H,26,28)(H,27,29). The van der Waals surface area contributed by atoms with E-state index in [1.54, 1.807) is 24.3 Å². The van der Waals surface area contributed by atoms with Gasteiger partial charge in [-0.3, -0.25) is 9.59 Å². The predicted octanol–water partition coefficient (Wildman–Crippen LogP) is 5.27. The van der Waals surface area contributed by atoms with E-state index in [9.17, 15) is 9.59 Å². The zero-order valence-electron chi connectivity index (χ0n) is 19.0. The van der Waals surface area contributed by atoms with Crippen molar-refractivity contribution in [2.24, 2.45) is 5.41 Å². The first-order valence-electron chi connectivity index (χ1n) is 10.5. The van der Waals surface area contributed by atoms with Gasteiger partial charge in [-0.05, 0) is 82.0 Å². The van der Waals surface area contributed by atoms with Crippen LogP contribution in [0, 0.1) is 19.3 Å². The second kappa shape index (κ2) is 10.3. The summed E-state index contributed by atoms with van der Waals surface area (Å²) in [6, 6.07) is 13.2. The molecule has 0 aliphatic carbocycles. The van der Waals surface area contributed by atoms with E-state index < -0.39 is 5.41 Å². The molecule has 30 heavy (non-hydrogen) atoms. The van der Waals surface area contributed by atoms with Crippen LogP contribution >= 0.6 is 0 Å². The molecule has 2 aromatic rings. The van der Waals surface area contributed by atoms with Crippen LogP contribution < -0.4 is 15.4 Å². The Morgan fingerprint density at radius 3 is 2.33 bits per heavy atom. The van der Waals surface area contributed by atoms with E-state index in [2.05, 4.69) is 22.8 Å². The third kappa shape index (κ3) is 6.90. The lowest BCUT2D eigenvalue weighted by Gasteiger charge is -2.24. The Labute approximate surface area is 180 Å². The van der Waals surface area contributed by atoms with Gasteiger partial charge in [0, 0.05) is 22.7 Å². The summed E-state index contributed by atoms with van der Waals surface area (Å²) in [5.41, 5.74) is 3.01. The van der Waals surface area contributed by atoms with Crippen molar-refractivity contribution in [1.82, 2.24) is 5.32 Å². The highest BCUT2D eigenvalue weighted by atomic mass is 16.5. The van der Waals surface area contributed by atoms with Crippen molar-refractivity contribution in [2.45, 2.75) is 60.4 Å². The number of nitrogens with one attached hydrogen (secondary N) is 2. The Morgan fingerprint density at radius 2 is 1.70 bits per heavy atom. The fourth-order valence-electron chi connectivity index (χ4n) is 3.02. The Bertz CT molecular complexity index is 870. The largest absolute Gasteiger partial charge is 0.493 e. The van der Waals surface area contributed by atoms with Gasteiger partial charge in [-0.1, -0.05) is 26.0 Å². The van der Waals surface area contributed by atoms with Gasteiger partial charge in [-0.2, -0.15) is 0 Å². The van der Waals surface area contributed by atoms with Crippen LogP contribution in [0.4, 0.5) is 5.69 Å². The molecule has 0 spiro atoms. The van der Waals surface area contributed by atoms with Gasteiger partial charge in [0.1, 0.15) is 5.75 Å². The van der Waals surface area contributed by atoms with E-state index in [-0.39, 0.29) is 17.9 Å². The van der Waals surface area contributed by atoms with E-state index in [0.29, 0.717) is 24.3 Å². The van der Waals surface area contributed by atoms with Crippen molar-refractivity contribution in [3.05, 3.63) is 59.2 Å². The lowest BCUT2D eigenvalue weighted by molar-refractivity contribution is -0.124. The summed E-state index contributed by atoms with van der Waals surface area (Å²) in [7, 11) is 0. The molecule has 2 rings (SSSR count). The Kier molecular flexibility index (Phi) is 8.04. The number of aryl methyl sites for hydroxylation is 2. The topological polar surface area (TPSA) is 67.4 Å². The molecule has 5 nitrogen and oxygen atoms in total. The number of benzene rings is 2. The van der Waals surface area contributed by atoms with Crippen LogP contribution in [0.25, 0.3) is 0 Å². The number of ether oxygens (including phenoxy) is 1. The Morgan fingerprint density at radius 1 is 1.03 bits per heavy atom. The summed E-state index contributed by atoms with van der Waals surface area (Å²) in [5, 5.41) is 5.81. The van der Waals surface area contributed by atoms with Crippen LogP contribution in [0.2, 0.25) is 0 Å². The second-order valence-electron chi connectivity index (χ2n) is 8.76. The molecule has 2 aromatic carbocycles. The van der Waals surface area contributed by atoms with Crippen LogP contribution in [0.3, 0.4) is 0 Å². The first kappa shape index (κ1) is 23.5. The average Bonchev–Trinajstić information content (AvgIpc) is 2.67. The molecule has 5 heteroatoms. The number of carbonyl (C=O) groups is 2. The number of rotatable bonds is 9. The number of carbonyl (C=O) groups excluding carboxylic acids is 2. The number of hydrogen-bond donors (Lipinski definition) is 2. The molecule has 0 unspecified atom stereocenters. The summed E-state index contributed by atoms with van der Waals surface area (Å²) >= 11 is 0. The van der Waals surface area contributed by atoms with Crippen LogP contribution in [-0.4, -0.2) is 24.5 Å². The van der Waals surface area contributed by atoms with Crippen molar-refractivity contribution in [3.8, 4) is 5.75 Å². The highest BCUT2D eigenvalue weighted by Crippen LogP contribution is 2.26. The van der Waals surface area contributed by atoms with Gasteiger partial charge in [0.2, 0.25) is 5.91 Å². The molecular formula is C25H34N2O3. The summed E-state index contributed by atoms with van der Waals surface area (Å²) in [6.45, 7) is 12.4. The maximum Gasteiger partial charge on any atom is 0.251 e. The molecular weight excluding hydrogens is 376 g/mol. The number of hydrogen-bond acceptors (Lipinski definition) is 3. The van der Waals surface area contributed by atoms with E-state index in [1.807, 2.05) is 47.6 Å². The van der Waals surface area contributed by atoms with E-state index in [1.165, 1.54) is 5.56 Å². The first-order valence-corrected chi connectivity index (χ1v) is 10.5. The Balaban J connectivity index is 1.84. The fraction of sp³-hybridized carbons (Fsp3) is 0.440. The normalized spacial score (nSPS) is 11.3. The molecule has 0 bridgehead atoms. The summed E-state index contributed by atoms with van der Waals surface area (Å²) in [5.74, 6) is 0.736. The SMILES string of the molecule is Cc1ccc(C)c(OCCCC(C)(C)C(=O)Nc2ccc(C(=O)NC(C)C)cc2)c1. The lowest BCUT2D eigenvalue weighted by Crippen LogP contribution is -2.31. The summed E-state index contributed by atoms with van der Waals surface area (Å²) in [6.07, 6.45) is 1.49. The third-order valence-corrected chi connectivity index (χ3v) is 4.99. The fourth-order valence-corrected chi connectivity index (χ4v) is 3.02. The molecule has 0 atom stereocenters. The van der Waals surface area contributed by atoms with E-state index in [4.69, 9.17) is 4.74 Å². The zero-order valence-corrected chi connectivity index (χ0v) is 19.0. The molecule has 0 saturated heterocycles. The van der Waals surface area contributed by atoms with Gasteiger partial charge >= 0.3 is 0 Å². The Hall–Kier alpha value is -2.82. The number of amides is 2. The first-order chi connectivity index (χ1) is 14.1. The smallest absolute Gasteiger partial charge is 0.251 e. The van der Waals surface area contributed by atoms with Gasteiger partial charge in [0.15, 0.2) is 0 Å². The summed E-state index contributed by atoms with van der Waals surface area (Å²) < 4.78 is 5.90. The maximum atomic E-state index is 12.7. The van der Waals surface area contributed by atoms with Crippen molar-refractivity contribution in [3.63, 3.8) is 0 Å². The molecule has 0 saturated carbocycles. The quantitative estimate of drug-likeness (QED) is 0.554. The van der Waals surface area contributed by atoms with Crippen LogP contribution in [-0.2, 0) is 4.79 Å². The third-order valence-electron chi connectivity index (χ3n) is 4.99. The molecule has 162 valence electrons. The van der Waals surface area contributed by atoms with Gasteiger partial charge in [0.25, 0.3) is 5.91 Å². The van der Waals surface area contributed by atoms with Crippen molar-refractivity contribution >= 4 is 17.5 Å². The van der Waals surface area contributed by atoms with Crippen molar-refractivity contribution in [1.29, 1.82) is 0 Å². The molecule has 0 aliphatic rings. The second-order valence-corrected chi connectivity index (χ2v) is 8.76. The van der Waals surface area contributed by atoms with Gasteiger partial charge in [0.05, 0.1) is 6.61 Å². The molecule has 0 fully saturated rings. The molecule has 0 radical (unpaired) electrons. The van der Waals surface area contributed by atoms with Crippen LogP contribution in [0.1, 0.15) is 62.0 Å². The van der Waals surface area contributed by atoms with Crippen molar-refractivity contribution < 1.29 is 14.3 Å². The lowest BCUT2D eigenvalue weighted by atomic mass is 9.87. The number of anilines is 1. The monoisotopic (exact) mass is 410 g/mol. The molecule has 0 aromatic heterocycles. The molecule has 2 amide bonds. The highest BCUT2D eigenvalue weighted by molar-refractivity contribution is 5.97. The minimum absolute atomic E-state index is 0.0476. The minimum atomic E-state index is -0.529.